The minimum atomic E-state index is -3.80. The molecule has 10 heteroatoms. The molecule has 9 nitrogen and oxygen atoms in total. The highest BCUT2D eigenvalue weighted by Gasteiger charge is 2.20. The van der Waals surface area contributed by atoms with Gasteiger partial charge in [-0.2, -0.15) is 0 Å². The molecule has 1 aromatic heterocycles. The van der Waals surface area contributed by atoms with Crippen molar-refractivity contribution < 1.29 is 17.9 Å². The second-order valence-electron chi connectivity index (χ2n) is 5.94. The lowest BCUT2D eigenvalue weighted by molar-refractivity contribution is 0.171. The first-order chi connectivity index (χ1) is 12.4. The molecule has 0 unspecified atom stereocenters. The van der Waals surface area contributed by atoms with E-state index in [0.29, 0.717) is 37.1 Å². The number of hydrogen-bond donors (Lipinski definition) is 2. The van der Waals surface area contributed by atoms with Crippen molar-refractivity contribution in [3.8, 4) is 11.5 Å². The van der Waals surface area contributed by atoms with Crippen molar-refractivity contribution in [2.24, 2.45) is 0 Å². The van der Waals surface area contributed by atoms with Crippen LogP contribution in [0.1, 0.15) is 0 Å². The average molecular weight is 379 g/mol. The predicted octanol–water partition coefficient (Wildman–Crippen LogP) is 1.02. The molecule has 0 aliphatic carbocycles. The summed E-state index contributed by atoms with van der Waals surface area (Å²) in [6, 6.07) is 7.69. The molecule has 2 aromatic rings. The van der Waals surface area contributed by atoms with Crippen molar-refractivity contribution in [1.82, 2.24) is 15.1 Å². The van der Waals surface area contributed by atoms with E-state index in [1.165, 1.54) is 12.1 Å². The summed E-state index contributed by atoms with van der Waals surface area (Å²) < 4.78 is 38.3. The number of ether oxygens (including phenoxy) is 2. The van der Waals surface area contributed by atoms with E-state index >= 15 is 0 Å². The monoisotopic (exact) mass is 379 g/mol. The highest BCUT2D eigenvalue weighted by atomic mass is 32.2. The predicted molar refractivity (Wildman–Crippen MR) is 97.3 cm³/mol. The van der Waals surface area contributed by atoms with Gasteiger partial charge >= 0.3 is 0 Å². The van der Waals surface area contributed by atoms with Crippen molar-refractivity contribution in [3.05, 3.63) is 30.3 Å². The van der Waals surface area contributed by atoms with Crippen LogP contribution in [-0.4, -0.2) is 63.9 Å². The second kappa shape index (κ2) is 7.75. The van der Waals surface area contributed by atoms with Gasteiger partial charge in [0.15, 0.2) is 17.3 Å². The molecular weight excluding hydrogens is 358 g/mol. The van der Waals surface area contributed by atoms with Crippen molar-refractivity contribution in [2.45, 2.75) is 4.90 Å². The van der Waals surface area contributed by atoms with Crippen LogP contribution in [0.3, 0.4) is 0 Å². The molecule has 26 heavy (non-hydrogen) atoms. The maximum Gasteiger partial charge on any atom is 0.263 e. The summed E-state index contributed by atoms with van der Waals surface area (Å²) in [5.41, 5.74) is 0. The smallest absolute Gasteiger partial charge is 0.263 e. The number of nitrogens with zero attached hydrogens (tertiary/aromatic N) is 3. The molecular formula is C16H21N5O4S. The van der Waals surface area contributed by atoms with Crippen LogP contribution in [-0.2, 0) is 10.0 Å². The molecule has 2 heterocycles. The molecule has 1 aliphatic heterocycles. The third kappa shape index (κ3) is 4.52. The van der Waals surface area contributed by atoms with E-state index in [2.05, 4.69) is 20.2 Å². The number of rotatable bonds is 7. The Balaban J connectivity index is 1.67. The van der Waals surface area contributed by atoms with Crippen LogP contribution in [0.25, 0.3) is 0 Å². The molecule has 0 saturated carbocycles. The first-order valence-corrected chi connectivity index (χ1v) is 9.57. The molecule has 0 atom stereocenters. The molecule has 0 amide bonds. The quantitative estimate of drug-likeness (QED) is 0.735. The van der Waals surface area contributed by atoms with E-state index in [-0.39, 0.29) is 10.7 Å². The molecule has 3 rings (SSSR count). The van der Waals surface area contributed by atoms with Crippen LogP contribution in [0.4, 0.5) is 11.6 Å². The lowest BCUT2D eigenvalue weighted by Gasteiger charge is -2.18. The van der Waals surface area contributed by atoms with Crippen molar-refractivity contribution in [1.29, 1.82) is 0 Å². The molecule has 0 saturated heterocycles. The summed E-state index contributed by atoms with van der Waals surface area (Å²) in [6.07, 6.45) is 0. The summed E-state index contributed by atoms with van der Waals surface area (Å²) in [7, 11) is 0.148. The SMILES string of the molecule is CN(C)CCNc1ccc(NS(=O)(=O)c2ccc3c(c2)OCCO3)nn1. The first-order valence-electron chi connectivity index (χ1n) is 8.09. The van der Waals surface area contributed by atoms with E-state index in [1.54, 1.807) is 18.2 Å². The zero-order valence-corrected chi connectivity index (χ0v) is 15.4. The minimum Gasteiger partial charge on any atom is -0.486 e. The number of nitrogens with one attached hydrogen (secondary N) is 2. The zero-order chi connectivity index (χ0) is 18.6. The number of hydrogen-bond acceptors (Lipinski definition) is 8. The molecule has 0 spiro atoms. The Kier molecular flexibility index (Phi) is 5.43. The van der Waals surface area contributed by atoms with Gasteiger partial charge < -0.3 is 19.7 Å². The maximum atomic E-state index is 12.5. The van der Waals surface area contributed by atoms with E-state index in [1.807, 2.05) is 19.0 Å². The van der Waals surface area contributed by atoms with Gasteiger partial charge in [-0.05, 0) is 38.4 Å². The Morgan fingerprint density at radius 3 is 2.42 bits per heavy atom. The number of fused-ring (bicyclic) bond motifs is 1. The van der Waals surface area contributed by atoms with E-state index in [9.17, 15) is 8.42 Å². The highest BCUT2D eigenvalue weighted by Crippen LogP contribution is 2.32. The molecule has 2 N–H and O–H groups in total. The minimum absolute atomic E-state index is 0.0664. The van der Waals surface area contributed by atoms with Crippen LogP contribution < -0.4 is 19.5 Å². The Labute approximate surface area is 152 Å². The van der Waals surface area contributed by atoms with Crippen molar-refractivity contribution >= 4 is 21.7 Å². The van der Waals surface area contributed by atoms with Crippen LogP contribution >= 0.6 is 0 Å². The summed E-state index contributed by atoms with van der Waals surface area (Å²) in [5, 5.41) is 11.0. The second-order valence-corrected chi connectivity index (χ2v) is 7.63. The number of sulfonamides is 1. The fourth-order valence-corrected chi connectivity index (χ4v) is 3.29. The van der Waals surface area contributed by atoms with Gasteiger partial charge in [-0.15, -0.1) is 10.2 Å². The van der Waals surface area contributed by atoms with Crippen molar-refractivity contribution in [3.63, 3.8) is 0 Å². The number of aromatic nitrogens is 2. The van der Waals surface area contributed by atoms with Gasteiger partial charge in [0, 0.05) is 19.2 Å². The van der Waals surface area contributed by atoms with E-state index < -0.39 is 10.0 Å². The Morgan fingerprint density at radius 2 is 1.73 bits per heavy atom. The number of likely N-dealkylation sites (N-methyl/N-ethyl adjacent to an activating group) is 1. The molecule has 1 aromatic carbocycles. The molecule has 1 aliphatic rings. The van der Waals surface area contributed by atoms with Gasteiger partial charge in [0.2, 0.25) is 0 Å². The van der Waals surface area contributed by atoms with Crippen LogP contribution in [0.5, 0.6) is 11.5 Å². The third-order valence-corrected chi connectivity index (χ3v) is 4.94. The largest absolute Gasteiger partial charge is 0.486 e. The molecule has 140 valence electrons. The van der Waals surface area contributed by atoms with E-state index in [4.69, 9.17) is 9.47 Å². The van der Waals surface area contributed by atoms with Crippen LogP contribution in [0.15, 0.2) is 35.2 Å². The summed E-state index contributed by atoms with van der Waals surface area (Å²) in [6.45, 7) is 2.39. The molecule has 0 bridgehead atoms. The lowest BCUT2D eigenvalue weighted by atomic mass is 10.3. The summed E-state index contributed by atoms with van der Waals surface area (Å²) in [4.78, 5) is 2.10. The van der Waals surface area contributed by atoms with Gasteiger partial charge in [-0.3, -0.25) is 4.72 Å². The van der Waals surface area contributed by atoms with Crippen LogP contribution in [0.2, 0.25) is 0 Å². The van der Waals surface area contributed by atoms with Gasteiger partial charge in [-0.1, -0.05) is 0 Å². The van der Waals surface area contributed by atoms with Gasteiger partial charge in [0.1, 0.15) is 19.0 Å². The topological polar surface area (TPSA) is 106 Å². The fourth-order valence-electron chi connectivity index (χ4n) is 2.28. The molecule has 0 radical (unpaired) electrons. The highest BCUT2D eigenvalue weighted by molar-refractivity contribution is 7.92. The average Bonchev–Trinajstić information content (AvgIpc) is 2.62. The Morgan fingerprint density at radius 1 is 1.04 bits per heavy atom. The fraction of sp³-hybridized carbons (Fsp3) is 0.375. The Hall–Kier alpha value is -2.59. The number of benzene rings is 1. The normalized spacial score (nSPS) is 13.5. The summed E-state index contributed by atoms with van der Waals surface area (Å²) >= 11 is 0. The Bertz CT molecular complexity index is 855. The standard InChI is InChI=1S/C16H21N5O4S/c1-21(2)8-7-17-15-5-6-16(19-18-15)20-26(22,23)12-3-4-13-14(11-12)25-10-9-24-13/h3-6,11H,7-10H2,1-2H3,(H,17,18)(H,19,20). The van der Waals surface area contributed by atoms with Gasteiger partial charge in [0.25, 0.3) is 10.0 Å². The summed E-state index contributed by atoms with van der Waals surface area (Å²) in [5.74, 6) is 1.65. The first kappa shape index (κ1) is 18.2. The number of anilines is 2. The molecule has 0 fully saturated rings. The zero-order valence-electron chi connectivity index (χ0n) is 14.6. The third-order valence-electron chi connectivity index (χ3n) is 3.59. The van der Waals surface area contributed by atoms with Crippen LogP contribution in [0, 0.1) is 0 Å². The lowest BCUT2D eigenvalue weighted by Crippen LogP contribution is -2.21. The van der Waals surface area contributed by atoms with Crippen molar-refractivity contribution in [2.75, 3.05) is 50.4 Å². The van der Waals surface area contributed by atoms with Gasteiger partial charge in [0.05, 0.1) is 4.90 Å². The van der Waals surface area contributed by atoms with E-state index in [0.717, 1.165) is 6.54 Å². The maximum absolute atomic E-state index is 12.5. The van der Waals surface area contributed by atoms with Gasteiger partial charge in [-0.25, -0.2) is 8.42 Å².